The largest absolute Gasteiger partial charge is 0.437 e. The second-order valence-electron chi connectivity index (χ2n) is 5.77. The Morgan fingerprint density at radius 2 is 1.67 bits per heavy atom. The van der Waals surface area contributed by atoms with Gasteiger partial charge in [0.1, 0.15) is 17.8 Å². The van der Waals surface area contributed by atoms with Gasteiger partial charge in [-0.3, -0.25) is 0 Å². The summed E-state index contributed by atoms with van der Waals surface area (Å²) in [6.07, 6.45) is 2.49. The van der Waals surface area contributed by atoms with Crippen LogP contribution in [0.2, 0.25) is 0 Å². The zero-order valence-corrected chi connectivity index (χ0v) is 13.2. The molecule has 5 heteroatoms. The fraction of sp³-hybridized carbons (Fsp3) is 0.158. The third-order valence-corrected chi connectivity index (χ3v) is 4.21. The van der Waals surface area contributed by atoms with Crippen LogP contribution in [0.1, 0.15) is 11.1 Å². The molecular formula is C19H18N4O. The van der Waals surface area contributed by atoms with Gasteiger partial charge in [0.25, 0.3) is 0 Å². The number of benzene rings is 2. The van der Waals surface area contributed by atoms with Gasteiger partial charge in [-0.05, 0) is 29.7 Å². The van der Waals surface area contributed by atoms with Crippen LogP contribution in [-0.2, 0) is 13.0 Å². The van der Waals surface area contributed by atoms with Gasteiger partial charge in [-0.25, -0.2) is 4.98 Å². The zero-order chi connectivity index (χ0) is 16.4. The molecule has 0 bridgehead atoms. The summed E-state index contributed by atoms with van der Waals surface area (Å²) >= 11 is 0. The van der Waals surface area contributed by atoms with Crippen LogP contribution in [0.5, 0.6) is 11.6 Å². The third-order valence-electron chi connectivity index (χ3n) is 4.21. The maximum absolute atomic E-state index is 6.29. The highest BCUT2D eigenvalue weighted by Crippen LogP contribution is 2.33. The topological polar surface area (TPSA) is 64.3 Å². The highest BCUT2D eigenvalue weighted by Gasteiger charge is 2.21. The molecule has 2 heterocycles. The molecule has 0 amide bonds. The number of para-hydroxylation sites is 1. The molecule has 1 aliphatic rings. The number of ether oxygens (including phenoxy) is 1. The Balaban J connectivity index is 1.62. The van der Waals surface area contributed by atoms with E-state index in [1.54, 1.807) is 0 Å². The standard InChI is InChI=1S/C19H18N4O/c20-17-18(23-11-10-14-6-4-5-7-15(14)12-23)21-13-22-19(17)24-16-8-2-1-3-9-16/h1-9,13H,10-12,20H2. The first-order valence-electron chi connectivity index (χ1n) is 7.96. The van der Waals surface area contributed by atoms with Crippen LogP contribution in [0.4, 0.5) is 11.5 Å². The Morgan fingerprint density at radius 3 is 2.50 bits per heavy atom. The van der Waals surface area contributed by atoms with Crippen LogP contribution < -0.4 is 15.4 Å². The number of nitrogens with zero attached hydrogens (tertiary/aromatic N) is 3. The number of hydrogen-bond donors (Lipinski definition) is 1. The Labute approximate surface area is 140 Å². The van der Waals surface area contributed by atoms with E-state index in [1.807, 2.05) is 30.3 Å². The van der Waals surface area contributed by atoms with E-state index in [9.17, 15) is 0 Å². The molecular weight excluding hydrogens is 300 g/mol. The molecule has 0 saturated heterocycles. The molecule has 0 aliphatic carbocycles. The highest BCUT2D eigenvalue weighted by atomic mass is 16.5. The van der Waals surface area contributed by atoms with Gasteiger partial charge in [0.15, 0.2) is 5.82 Å². The van der Waals surface area contributed by atoms with Crippen molar-refractivity contribution in [2.24, 2.45) is 0 Å². The second kappa shape index (κ2) is 6.20. The number of hydrogen-bond acceptors (Lipinski definition) is 5. The first-order valence-corrected chi connectivity index (χ1v) is 7.96. The fourth-order valence-corrected chi connectivity index (χ4v) is 2.98. The summed E-state index contributed by atoms with van der Waals surface area (Å²) in [4.78, 5) is 10.8. The van der Waals surface area contributed by atoms with Crippen molar-refractivity contribution in [2.45, 2.75) is 13.0 Å². The number of fused-ring (bicyclic) bond motifs is 1. The smallest absolute Gasteiger partial charge is 0.248 e. The van der Waals surface area contributed by atoms with Gasteiger partial charge in [0, 0.05) is 13.1 Å². The Morgan fingerprint density at radius 1 is 0.917 bits per heavy atom. The molecule has 0 radical (unpaired) electrons. The number of nitrogen functional groups attached to an aromatic ring is 1. The van der Waals surface area contributed by atoms with Crippen LogP contribution >= 0.6 is 0 Å². The number of rotatable bonds is 3. The summed E-state index contributed by atoms with van der Waals surface area (Å²) < 4.78 is 5.81. The lowest BCUT2D eigenvalue weighted by Crippen LogP contribution is -2.31. The number of aromatic nitrogens is 2. The highest BCUT2D eigenvalue weighted by molar-refractivity contribution is 5.68. The van der Waals surface area contributed by atoms with Crippen molar-refractivity contribution < 1.29 is 4.74 Å². The fourth-order valence-electron chi connectivity index (χ4n) is 2.98. The van der Waals surface area contributed by atoms with Gasteiger partial charge in [-0.15, -0.1) is 0 Å². The minimum atomic E-state index is 0.394. The van der Waals surface area contributed by atoms with E-state index in [0.29, 0.717) is 17.3 Å². The Bertz CT molecular complexity index is 851. The average molecular weight is 318 g/mol. The molecule has 4 rings (SSSR count). The molecule has 120 valence electrons. The van der Waals surface area contributed by atoms with Crippen molar-refractivity contribution in [1.29, 1.82) is 0 Å². The minimum Gasteiger partial charge on any atom is -0.437 e. The van der Waals surface area contributed by atoms with Gasteiger partial charge >= 0.3 is 0 Å². The maximum Gasteiger partial charge on any atom is 0.248 e. The quantitative estimate of drug-likeness (QED) is 0.801. The summed E-state index contributed by atoms with van der Waals surface area (Å²) in [5.41, 5.74) is 9.47. The minimum absolute atomic E-state index is 0.394. The lowest BCUT2D eigenvalue weighted by Gasteiger charge is -2.30. The van der Waals surface area contributed by atoms with Crippen LogP contribution in [-0.4, -0.2) is 16.5 Å². The summed E-state index contributed by atoms with van der Waals surface area (Å²) in [6.45, 7) is 1.67. The van der Waals surface area contributed by atoms with E-state index in [-0.39, 0.29) is 0 Å². The summed E-state index contributed by atoms with van der Waals surface area (Å²) in [7, 11) is 0. The molecule has 24 heavy (non-hydrogen) atoms. The lowest BCUT2D eigenvalue weighted by molar-refractivity contribution is 0.464. The van der Waals surface area contributed by atoms with Crippen molar-refractivity contribution in [1.82, 2.24) is 9.97 Å². The zero-order valence-electron chi connectivity index (χ0n) is 13.2. The third kappa shape index (κ3) is 2.76. The average Bonchev–Trinajstić information content (AvgIpc) is 2.64. The first-order chi connectivity index (χ1) is 11.8. The molecule has 0 unspecified atom stereocenters. The number of anilines is 2. The SMILES string of the molecule is Nc1c(Oc2ccccc2)ncnc1N1CCc2ccccc2C1. The predicted molar refractivity (Wildman–Crippen MR) is 94.2 cm³/mol. The van der Waals surface area contributed by atoms with Crippen molar-refractivity contribution in [3.05, 3.63) is 72.1 Å². The van der Waals surface area contributed by atoms with Crippen molar-refractivity contribution in [3.8, 4) is 11.6 Å². The van der Waals surface area contributed by atoms with Crippen molar-refractivity contribution in [2.75, 3.05) is 17.2 Å². The van der Waals surface area contributed by atoms with Gasteiger partial charge in [0.2, 0.25) is 5.88 Å². The molecule has 2 aromatic carbocycles. The molecule has 3 aromatic rings. The van der Waals surface area contributed by atoms with Crippen LogP contribution in [0, 0.1) is 0 Å². The van der Waals surface area contributed by atoms with Crippen LogP contribution in [0.15, 0.2) is 60.9 Å². The van der Waals surface area contributed by atoms with E-state index >= 15 is 0 Å². The van der Waals surface area contributed by atoms with Gasteiger partial charge in [0.05, 0.1) is 0 Å². The van der Waals surface area contributed by atoms with Crippen LogP contribution in [0.3, 0.4) is 0 Å². The van der Waals surface area contributed by atoms with Crippen LogP contribution in [0.25, 0.3) is 0 Å². The molecule has 5 nitrogen and oxygen atoms in total. The molecule has 1 aromatic heterocycles. The maximum atomic E-state index is 6.29. The molecule has 2 N–H and O–H groups in total. The number of nitrogens with two attached hydrogens (primary N) is 1. The molecule has 0 fully saturated rings. The van der Waals surface area contributed by atoms with E-state index in [1.165, 1.54) is 17.5 Å². The van der Waals surface area contributed by atoms with E-state index in [2.05, 4.69) is 39.1 Å². The van der Waals surface area contributed by atoms with Gasteiger partial charge in [-0.1, -0.05) is 42.5 Å². The van der Waals surface area contributed by atoms with Gasteiger partial charge < -0.3 is 15.4 Å². The summed E-state index contributed by atoms with van der Waals surface area (Å²) in [5.74, 6) is 1.83. The van der Waals surface area contributed by atoms with E-state index < -0.39 is 0 Å². The van der Waals surface area contributed by atoms with E-state index in [0.717, 1.165) is 25.3 Å². The summed E-state index contributed by atoms with van der Waals surface area (Å²) in [6, 6.07) is 18.0. The van der Waals surface area contributed by atoms with Gasteiger partial charge in [-0.2, -0.15) is 4.98 Å². The molecule has 0 atom stereocenters. The molecule has 0 spiro atoms. The normalized spacial score (nSPS) is 13.4. The van der Waals surface area contributed by atoms with Crippen molar-refractivity contribution in [3.63, 3.8) is 0 Å². The molecule has 0 saturated carbocycles. The lowest BCUT2D eigenvalue weighted by atomic mass is 10.00. The molecule has 1 aliphatic heterocycles. The Hall–Kier alpha value is -3.08. The second-order valence-corrected chi connectivity index (χ2v) is 5.77. The summed E-state index contributed by atoms with van der Waals surface area (Å²) in [5, 5.41) is 0. The first kappa shape index (κ1) is 14.5. The Kier molecular flexibility index (Phi) is 3.75. The predicted octanol–water partition coefficient (Wildman–Crippen LogP) is 3.41. The monoisotopic (exact) mass is 318 g/mol. The van der Waals surface area contributed by atoms with Crippen molar-refractivity contribution >= 4 is 11.5 Å². The van der Waals surface area contributed by atoms with E-state index in [4.69, 9.17) is 10.5 Å².